The normalized spacial score (nSPS) is 21.8. The van der Waals surface area contributed by atoms with Gasteiger partial charge in [0.25, 0.3) is 0 Å². The molecule has 0 spiro atoms. The first-order valence-corrected chi connectivity index (χ1v) is 4.46. The molecule has 0 aromatic rings. The predicted octanol–water partition coefficient (Wildman–Crippen LogP) is 1.10. The van der Waals surface area contributed by atoms with Crippen LogP contribution in [0.15, 0.2) is 0 Å². The Balaban J connectivity index is 2.31. The minimum absolute atomic E-state index is 0.00563. The number of nitrogens with zero attached hydrogens (tertiary/aromatic N) is 1. The predicted molar refractivity (Wildman–Crippen MR) is 46.5 cm³/mol. The molecule has 1 heterocycles. The molecule has 0 amide bonds. The van der Waals surface area contributed by atoms with Gasteiger partial charge in [0.2, 0.25) is 0 Å². The maximum absolute atomic E-state index is 9.05. The van der Waals surface area contributed by atoms with Gasteiger partial charge in [0.15, 0.2) is 0 Å². The molecule has 0 atom stereocenters. The first kappa shape index (κ1) is 9.01. The lowest BCUT2D eigenvalue weighted by Gasteiger charge is -2.48. The third-order valence-electron chi connectivity index (χ3n) is 2.78. The number of hydrogen-bond acceptors (Lipinski definition) is 2. The molecule has 66 valence electrons. The number of aliphatic hydroxyl groups excluding tert-OH is 1. The van der Waals surface area contributed by atoms with Crippen molar-refractivity contribution in [3.8, 4) is 0 Å². The lowest BCUT2D eigenvalue weighted by atomic mass is 9.90. The van der Waals surface area contributed by atoms with Crippen LogP contribution in [-0.4, -0.2) is 35.2 Å². The van der Waals surface area contributed by atoms with E-state index in [1.807, 2.05) is 0 Å². The number of hydrogen-bond donors (Lipinski definition) is 1. The van der Waals surface area contributed by atoms with Gasteiger partial charge in [0.1, 0.15) is 0 Å². The van der Waals surface area contributed by atoms with Gasteiger partial charge in [0.05, 0.1) is 6.61 Å². The quantitative estimate of drug-likeness (QED) is 0.663. The maximum Gasteiger partial charge on any atom is 0.0610 e. The third kappa shape index (κ3) is 1.74. The Kier molecular flexibility index (Phi) is 2.55. The van der Waals surface area contributed by atoms with Crippen molar-refractivity contribution in [2.24, 2.45) is 5.92 Å². The molecule has 0 aliphatic carbocycles. The van der Waals surface area contributed by atoms with Crippen LogP contribution >= 0.6 is 0 Å². The maximum atomic E-state index is 9.05. The van der Waals surface area contributed by atoms with E-state index in [0.717, 1.165) is 5.92 Å². The van der Waals surface area contributed by atoms with Gasteiger partial charge in [-0.2, -0.15) is 0 Å². The molecule has 0 unspecified atom stereocenters. The van der Waals surface area contributed by atoms with Gasteiger partial charge in [-0.3, -0.25) is 4.90 Å². The average Bonchev–Trinajstić information content (AvgIpc) is 1.85. The van der Waals surface area contributed by atoms with Crippen LogP contribution in [0.5, 0.6) is 0 Å². The van der Waals surface area contributed by atoms with E-state index in [0.29, 0.717) is 0 Å². The lowest BCUT2D eigenvalue weighted by Crippen LogP contribution is -2.58. The standard InChI is InChI=1S/C9H19NO/c1-4-8-5-10(6-8)9(2,3)7-11/h8,11H,4-7H2,1-3H3. The topological polar surface area (TPSA) is 23.5 Å². The summed E-state index contributed by atoms with van der Waals surface area (Å²) in [6, 6.07) is 0. The summed E-state index contributed by atoms with van der Waals surface area (Å²) in [5, 5.41) is 9.05. The Labute approximate surface area is 69.2 Å². The number of aliphatic hydroxyl groups is 1. The largest absolute Gasteiger partial charge is 0.394 e. The Bertz CT molecular complexity index is 128. The van der Waals surface area contributed by atoms with Gasteiger partial charge in [-0.1, -0.05) is 13.3 Å². The fourth-order valence-electron chi connectivity index (χ4n) is 1.42. The molecular formula is C9H19NO. The molecule has 1 saturated heterocycles. The highest BCUT2D eigenvalue weighted by molar-refractivity contribution is 4.90. The monoisotopic (exact) mass is 157 g/mol. The first-order valence-electron chi connectivity index (χ1n) is 4.46. The van der Waals surface area contributed by atoms with Crippen molar-refractivity contribution >= 4 is 0 Å². The molecule has 2 nitrogen and oxygen atoms in total. The van der Waals surface area contributed by atoms with Crippen LogP contribution in [0.4, 0.5) is 0 Å². The van der Waals surface area contributed by atoms with Crippen LogP contribution in [0, 0.1) is 5.92 Å². The van der Waals surface area contributed by atoms with E-state index in [1.54, 1.807) is 0 Å². The van der Waals surface area contributed by atoms with Crippen molar-refractivity contribution in [1.82, 2.24) is 4.90 Å². The second-order valence-corrected chi connectivity index (χ2v) is 4.15. The van der Waals surface area contributed by atoms with E-state index in [-0.39, 0.29) is 12.1 Å². The minimum Gasteiger partial charge on any atom is -0.394 e. The minimum atomic E-state index is 0.00563. The summed E-state index contributed by atoms with van der Waals surface area (Å²) in [6.07, 6.45) is 1.28. The summed E-state index contributed by atoms with van der Waals surface area (Å²) < 4.78 is 0. The Morgan fingerprint density at radius 3 is 2.36 bits per heavy atom. The average molecular weight is 157 g/mol. The Morgan fingerprint density at radius 1 is 1.45 bits per heavy atom. The highest BCUT2D eigenvalue weighted by Crippen LogP contribution is 2.26. The van der Waals surface area contributed by atoms with Crippen LogP contribution in [0.25, 0.3) is 0 Å². The molecule has 1 fully saturated rings. The van der Waals surface area contributed by atoms with E-state index < -0.39 is 0 Å². The molecule has 2 heteroatoms. The van der Waals surface area contributed by atoms with Crippen LogP contribution in [0.3, 0.4) is 0 Å². The summed E-state index contributed by atoms with van der Waals surface area (Å²) in [4.78, 5) is 2.35. The third-order valence-corrected chi connectivity index (χ3v) is 2.78. The molecule has 0 saturated carbocycles. The lowest BCUT2D eigenvalue weighted by molar-refractivity contribution is -0.0270. The zero-order valence-electron chi connectivity index (χ0n) is 7.80. The fraction of sp³-hybridized carbons (Fsp3) is 1.00. The van der Waals surface area contributed by atoms with E-state index in [9.17, 15) is 0 Å². The van der Waals surface area contributed by atoms with Crippen LogP contribution in [0.2, 0.25) is 0 Å². The van der Waals surface area contributed by atoms with Gasteiger partial charge in [-0.05, 0) is 19.8 Å². The summed E-state index contributed by atoms with van der Waals surface area (Å²) in [6.45, 7) is 9.03. The molecule has 0 aromatic heterocycles. The first-order chi connectivity index (χ1) is 5.10. The molecule has 0 aromatic carbocycles. The van der Waals surface area contributed by atoms with E-state index >= 15 is 0 Å². The summed E-state index contributed by atoms with van der Waals surface area (Å²) in [5.74, 6) is 0.876. The molecule has 1 aliphatic heterocycles. The zero-order valence-corrected chi connectivity index (χ0v) is 7.80. The van der Waals surface area contributed by atoms with Gasteiger partial charge < -0.3 is 5.11 Å². The molecular weight excluding hydrogens is 138 g/mol. The van der Waals surface area contributed by atoms with E-state index in [1.165, 1.54) is 19.5 Å². The number of rotatable bonds is 3. The second kappa shape index (κ2) is 3.11. The van der Waals surface area contributed by atoms with Crippen molar-refractivity contribution in [2.45, 2.75) is 32.7 Å². The van der Waals surface area contributed by atoms with Crippen molar-refractivity contribution in [2.75, 3.05) is 19.7 Å². The molecule has 1 N–H and O–H groups in total. The summed E-state index contributed by atoms with van der Waals surface area (Å²) in [5.41, 5.74) is 0.00563. The van der Waals surface area contributed by atoms with Crippen LogP contribution in [-0.2, 0) is 0 Å². The fourth-order valence-corrected chi connectivity index (χ4v) is 1.42. The number of likely N-dealkylation sites (tertiary alicyclic amines) is 1. The summed E-state index contributed by atoms with van der Waals surface area (Å²) in [7, 11) is 0. The smallest absolute Gasteiger partial charge is 0.0610 e. The molecule has 0 radical (unpaired) electrons. The van der Waals surface area contributed by atoms with Crippen molar-refractivity contribution in [3.63, 3.8) is 0 Å². The van der Waals surface area contributed by atoms with Crippen LogP contribution < -0.4 is 0 Å². The summed E-state index contributed by atoms with van der Waals surface area (Å²) >= 11 is 0. The SMILES string of the molecule is CCC1CN(C(C)(C)CO)C1. The van der Waals surface area contributed by atoms with Crippen molar-refractivity contribution < 1.29 is 5.11 Å². The van der Waals surface area contributed by atoms with Gasteiger partial charge >= 0.3 is 0 Å². The highest BCUT2D eigenvalue weighted by atomic mass is 16.3. The van der Waals surface area contributed by atoms with Crippen molar-refractivity contribution in [1.29, 1.82) is 0 Å². The molecule has 11 heavy (non-hydrogen) atoms. The molecule has 1 aliphatic rings. The van der Waals surface area contributed by atoms with E-state index in [4.69, 9.17) is 5.11 Å². The van der Waals surface area contributed by atoms with Gasteiger partial charge in [-0.25, -0.2) is 0 Å². The van der Waals surface area contributed by atoms with Gasteiger partial charge in [0, 0.05) is 18.6 Å². The van der Waals surface area contributed by atoms with Crippen molar-refractivity contribution in [3.05, 3.63) is 0 Å². The molecule has 0 bridgehead atoms. The Hall–Kier alpha value is -0.0800. The highest BCUT2D eigenvalue weighted by Gasteiger charge is 2.35. The molecule has 1 rings (SSSR count). The van der Waals surface area contributed by atoms with Crippen LogP contribution in [0.1, 0.15) is 27.2 Å². The van der Waals surface area contributed by atoms with E-state index in [2.05, 4.69) is 25.7 Å². The van der Waals surface area contributed by atoms with Gasteiger partial charge in [-0.15, -0.1) is 0 Å². The zero-order chi connectivity index (χ0) is 8.48. The second-order valence-electron chi connectivity index (χ2n) is 4.15. The Morgan fingerprint density at radius 2 is 2.00 bits per heavy atom.